The second kappa shape index (κ2) is 7.74. The second-order valence-electron chi connectivity index (χ2n) is 5.60. The fourth-order valence-electron chi connectivity index (χ4n) is 2.67. The molecular weight excluding hydrogens is 306 g/mol. The summed E-state index contributed by atoms with van der Waals surface area (Å²) in [6.45, 7) is 3.72. The van der Waals surface area contributed by atoms with Crippen molar-refractivity contribution in [3.63, 3.8) is 0 Å². The average molecular weight is 327 g/mol. The molecule has 0 aliphatic carbocycles. The molecule has 2 aromatic rings. The predicted octanol–water partition coefficient (Wildman–Crippen LogP) is 1.25. The summed E-state index contributed by atoms with van der Waals surface area (Å²) >= 11 is 0. The largest absolute Gasteiger partial charge is 0.497 e. The number of nitrogens with zero attached hydrogens (tertiary/aromatic N) is 4. The van der Waals surface area contributed by atoms with Crippen molar-refractivity contribution in [2.45, 2.75) is 0 Å². The molecule has 0 radical (unpaired) electrons. The summed E-state index contributed by atoms with van der Waals surface area (Å²) in [5, 5.41) is 2.91. The number of anilines is 2. The highest BCUT2D eigenvalue weighted by Gasteiger charge is 2.19. The third kappa shape index (κ3) is 4.20. The SMILES string of the molecule is COc1ccc(NC(=O)CN2CCN(c3cnccn3)CC2)cc1. The number of nitrogens with one attached hydrogen (secondary N) is 1. The van der Waals surface area contributed by atoms with Crippen molar-refractivity contribution in [2.24, 2.45) is 0 Å². The van der Waals surface area contributed by atoms with E-state index in [4.69, 9.17) is 4.74 Å². The van der Waals surface area contributed by atoms with Crippen molar-refractivity contribution in [2.75, 3.05) is 50.1 Å². The number of hydrogen-bond acceptors (Lipinski definition) is 6. The van der Waals surface area contributed by atoms with Gasteiger partial charge in [-0.3, -0.25) is 14.7 Å². The topological polar surface area (TPSA) is 70.6 Å². The van der Waals surface area contributed by atoms with Gasteiger partial charge in [0.2, 0.25) is 5.91 Å². The molecule has 3 rings (SSSR count). The Kier molecular flexibility index (Phi) is 5.22. The summed E-state index contributed by atoms with van der Waals surface area (Å²) in [5.41, 5.74) is 0.777. The van der Waals surface area contributed by atoms with E-state index in [2.05, 4.69) is 25.1 Å². The summed E-state index contributed by atoms with van der Waals surface area (Å²) in [7, 11) is 1.62. The molecule has 1 aromatic heterocycles. The van der Waals surface area contributed by atoms with E-state index < -0.39 is 0 Å². The molecule has 0 unspecified atom stereocenters. The van der Waals surface area contributed by atoms with E-state index in [1.807, 2.05) is 24.3 Å². The molecule has 7 nitrogen and oxygen atoms in total. The fourth-order valence-corrected chi connectivity index (χ4v) is 2.67. The molecule has 2 heterocycles. The number of rotatable bonds is 5. The minimum atomic E-state index is -0.00637. The van der Waals surface area contributed by atoms with Crippen LogP contribution in [-0.4, -0.2) is 60.6 Å². The van der Waals surface area contributed by atoms with Crippen LogP contribution in [0.2, 0.25) is 0 Å². The number of piperazine rings is 1. The number of ether oxygens (including phenoxy) is 1. The normalized spacial score (nSPS) is 15.1. The summed E-state index contributed by atoms with van der Waals surface area (Å²) in [4.78, 5) is 24.9. The molecule has 1 saturated heterocycles. The summed E-state index contributed by atoms with van der Waals surface area (Å²) < 4.78 is 5.11. The van der Waals surface area contributed by atoms with Gasteiger partial charge < -0.3 is 15.0 Å². The van der Waals surface area contributed by atoms with Gasteiger partial charge in [0.05, 0.1) is 19.9 Å². The van der Waals surface area contributed by atoms with Crippen LogP contribution in [0, 0.1) is 0 Å². The Morgan fingerprint density at radius 1 is 1.17 bits per heavy atom. The number of benzene rings is 1. The van der Waals surface area contributed by atoms with Crippen molar-refractivity contribution < 1.29 is 9.53 Å². The van der Waals surface area contributed by atoms with E-state index in [0.717, 1.165) is 43.4 Å². The molecule has 1 N–H and O–H groups in total. The van der Waals surface area contributed by atoms with Gasteiger partial charge in [-0.2, -0.15) is 0 Å². The lowest BCUT2D eigenvalue weighted by atomic mass is 10.3. The lowest BCUT2D eigenvalue weighted by Gasteiger charge is -2.34. The van der Waals surface area contributed by atoms with Crippen LogP contribution in [0.3, 0.4) is 0 Å². The molecule has 126 valence electrons. The number of carbonyl (C=O) groups is 1. The first-order chi connectivity index (χ1) is 11.7. The molecule has 1 fully saturated rings. The Labute approximate surface area is 141 Å². The Bertz CT molecular complexity index is 654. The number of methoxy groups -OCH3 is 1. The van der Waals surface area contributed by atoms with Crippen LogP contribution in [0.1, 0.15) is 0 Å². The third-order valence-electron chi connectivity index (χ3n) is 3.99. The number of carbonyl (C=O) groups excluding carboxylic acids is 1. The first-order valence-corrected chi connectivity index (χ1v) is 7.92. The first kappa shape index (κ1) is 16.2. The van der Waals surface area contributed by atoms with E-state index in [1.54, 1.807) is 25.7 Å². The highest BCUT2D eigenvalue weighted by molar-refractivity contribution is 5.92. The summed E-state index contributed by atoms with van der Waals surface area (Å²) in [6, 6.07) is 7.33. The van der Waals surface area contributed by atoms with Crippen LogP contribution in [0.25, 0.3) is 0 Å². The van der Waals surface area contributed by atoms with Gasteiger partial charge in [0.25, 0.3) is 0 Å². The van der Waals surface area contributed by atoms with E-state index >= 15 is 0 Å². The third-order valence-corrected chi connectivity index (χ3v) is 3.99. The van der Waals surface area contributed by atoms with Gasteiger partial charge in [0, 0.05) is 44.3 Å². The van der Waals surface area contributed by atoms with Gasteiger partial charge in [0.1, 0.15) is 11.6 Å². The van der Waals surface area contributed by atoms with Gasteiger partial charge in [0.15, 0.2) is 0 Å². The number of aromatic nitrogens is 2. The molecular formula is C17H21N5O2. The van der Waals surface area contributed by atoms with Crippen LogP contribution in [0.4, 0.5) is 11.5 Å². The lowest BCUT2D eigenvalue weighted by molar-refractivity contribution is -0.117. The Balaban J connectivity index is 1.46. The molecule has 1 aromatic carbocycles. The van der Waals surface area contributed by atoms with E-state index in [1.165, 1.54) is 0 Å². The Morgan fingerprint density at radius 3 is 2.54 bits per heavy atom. The van der Waals surface area contributed by atoms with Gasteiger partial charge in [-0.05, 0) is 24.3 Å². The number of hydrogen-bond donors (Lipinski definition) is 1. The maximum atomic E-state index is 12.2. The monoisotopic (exact) mass is 327 g/mol. The van der Waals surface area contributed by atoms with Crippen LogP contribution in [0.5, 0.6) is 5.75 Å². The first-order valence-electron chi connectivity index (χ1n) is 7.92. The Hall–Kier alpha value is -2.67. The Morgan fingerprint density at radius 2 is 1.92 bits per heavy atom. The van der Waals surface area contributed by atoms with E-state index in [9.17, 15) is 4.79 Å². The van der Waals surface area contributed by atoms with Crippen molar-refractivity contribution in [1.29, 1.82) is 0 Å². The zero-order valence-electron chi connectivity index (χ0n) is 13.7. The maximum Gasteiger partial charge on any atom is 0.238 e. The van der Waals surface area contributed by atoms with Crippen molar-refractivity contribution in [3.05, 3.63) is 42.9 Å². The van der Waals surface area contributed by atoms with Gasteiger partial charge in [-0.1, -0.05) is 0 Å². The maximum absolute atomic E-state index is 12.2. The van der Waals surface area contributed by atoms with Crippen LogP contribution in [0.15, 0.2) is 42.9 Å². The van der Waals surface area contributed by atoms with E-state index in [-0.39, 0.29) is 5.91 Å². The van der Waals surface area contributed by atoms with E-state index in [0.29, 0.717) is 6.54 Å². The lowest BCUT2D eigenvalue weighted by Crippen LogP contribution is -2.48. The highest BCUT2D eigenvalue weighted by atomic mass is 16.5. The van der Waals surface area contributed by atoms with Crippen LogP contribution in [-0.2, 0) is 4.79 Å². The second-order valence-corrected chi connectivity index (χ2v) is 5.60. The number of amides is 1. The quantitative estimate of drug-likeness (QED) is 0.891. The minimum absolute atomic E-state index is 0.00637. The zero-order valence-corrected chi connectivity index (χ0v) is 13.7. The summed E-state index contributed by atoms with van der Waals surface area (Å²) in [5.74, 6) is 1.65. The molecule has 1 aliphatic rings. The van der Waals surface area contributed by atoms with Gasteiger partial charge >= 0.3 is 0 Å². The van der Waals surface area contributed by atoms with Crippen molar-refractivity contribution >= 4 is 17.4 Å². The highest BCUT2D eigenvalue weighted by Crippen LogP contribution is 2.15. The summed E-state index contributed by atoms with van der Waals surface area (Å²) in [6.07, 6.45) is 5.14. The van der Waals surface area contributed by atoms with Gasteiger partial charge in [-0.15, -0.1) is 0 Å². The molecule has 0 saturated carbocycles. The molecule has 24 heavy (non-hydrogen) atoms. The fraction of sp³-hybridized carbons (Fsp3) is 0.353. The van der Waals surface area contributed by atoms with Crippen LogP contribution >= 0.6 is 0 Å². The zero-order chi connectivity index (χ0) is 16.8. The molecule has 1 aliphatic heterocycles. The van der Waals surface area contributed by atoms with Crippen LogP contribution < -0.4 is 15.0 Å². The molecule has 0 bridgehead atoms. The smallest absolute Gasteiger partial charge is 0.238 e. The standard InChI is InChI=1S/C17H21N5O2/c1-24-15-4-2-14(3-5-15)20-17(23)13-21-8-10-22(11-9-21)16-12-18-6-7-19-16/h2-7,12H,8-11,13H2,1H3,(H,20,23). The average Bonchev–Trinajstić information content (AvgIpc) is 2.64. The molecule has 7 heteroatoms. The molecule has 1 amide bonds. The van der Waals surface area contributed by atoms with Crippen molar-refractivity contribution in [1.82, 2.24) is 14.9 Å². The van der Waals surface area contributed by atoms with Crippen molar-refractivity contribution in [3.8, 4) is 5.75 Å². The molecule has 0 atom stereocenters. The predicted molar refractivity (Wildman–Crippen MR) is 92.3 cm³/mol. The van der Waals surface area contributed by atoms with Gasteiger partial charge in [-0.25, -0.2) is 4.98 Å². The minimum Gasteiger partial charge on any atom is -0.497 e. The molecule has 0 spiro atoms.